The predicted molar refractivity (Wildman–Crippen MR) is 46.8 cm³/mol. The third-order valence-corrected chi connectivity index (χ3v) is 3.48. The second kappa shape index (κ2) is 3.01. The number of hydrogen-bond donors (Lipinski definition) is 1. The van der Waals surface area contributed by atoms with Crippen LogP contribution in [0.3, 0.4) is 0 Å². The second-order valence-electron chi connectivity index (χ2n) is 3.20. The van der Waals surface area contributed by atoms with Crippen molar-refractivity contribution in [2.24, 2.45) is 0 Å². The Hall–Kier alpha value is -0.990. The highest BCUT2D eigenvalue weighted by Crippen LogP contribution is 2.29. The van der Waals surface area contributed by atoms with Crippen LogP contribution in [0.4, 0.5) is 0 Å². The van der Waals surface area contributed by atoms with Gasteiger partial charge in [0, 0.05) is 12.6 Å². The van der Waals surface area contributed by atoms with E-state index in [4.69, 9.17) is 4.55 Å². The SMILES string of the molecule is CC1C(n2nccn2)CN1S(=O)(=O)O. The van der Waals surface area contributed by atoms with Gasteiger partial charge in [-0.2, -0.15) is 27.7 Å². The first-order valence-corrected chi connectivity index (χ1v) is 5.50. The third kappa shape index (κ3) is 1.41. The molecule has 2 unspecified atom stereocenters. The molecule has 2 rings (SSSR count). The van der Waals surface area contributed by atoms with E-state index < -0.39 is 10.3 Å². The molecule has 1 aliphatic rings. The van der Waals surface area contributed by atoms with Crippen LogP contribution in [0.5, 0.6) is 0 Å². The molecule has 0 saturated carbocycles. The van der Waals surface area contributed by atoms with Gasteiger partial charge in [0.05, 0.1) is 12.4 Å². The van der Waals surface area contributed by atoms with Crippen molar-refractivity contribution in [3.8, 4) is 0 Å². The Morgan fingerprint density at radius 1 is 1.43 bits per heavy atom. The fraction of sp³-hybridized carbons (Fsp3) is 0.667. The Morgan fingerprint density at radius 3 is 2.43 bits per heavy atom. The van der Waals surface area contributed by atoms with Crippen LogP contribution in [-0.4, -0.2) is 44.9 Å². The number of nitrogens with zero attached hydrogens (tertiary/aromatic N) is 4. The van der Waals surface area contributed by atoms with Crippen LogP contribution in [0.15, 0.2) is 12.4 Å². The second-order valence-corrected chi connectivity index (χ2v) is 4.57. The molecule has 0 spiro atoms. The van der Waals surface area contributed by atoms with Gasteiger partial charge in [-0.3, -0.25) is 4.55 Å². The molecule has 1 fully saturated rings. The fourth-order valence-electron chi connectivity index (χ4n) is 1.52. The van der Waals surface area contributed by atoms with Gasteiger partial charge in [-0.15, -0.1) is 0 Å². The smallest absolute Gasteiger partial charge is 0.273 e. The third-order valence-electron chi connectivity index (χ3n) is 2.41. The van der Waals surface area contributed by atoms with Gasteiger partial charge in [0.25, 0.3) is 0 Å². The summed E-state index contributed by atoms with van der Waals surface area (Å²) in [7, 11) is -4.07. The topological polar surface area (TPSA) is 88.3 Å². The van der Waals surface area contributed by atoms with Gasteiger partial charge >= 0.3 is 10.3 Å². The van der Waals surface area contributed by atoms with Crippen molar-refractivity contribution in [2.45, 2.75) is 19.0 Å². The van der Waals surface area contributed by atoms with Gasteiger partial charge < -0.3 is 0 Å². The molecule has 1 aromatic rings. The lowest BCUT2D eigenvalue weighted by Gasteiger charge is -2.42. The van der Waals surface area contributed by atoms with Crippen molar-refractivity contribution in [1.29, 1.82) is 0 Å². The highest BCUT2D eigenvalue weighted by atomic mass is 32.2. The lowest BCUT2D eigenvalue weighted by Crippen LogP contribution is -2.57. The van der Waals surface area contributed by atoms with E-state index in [0.717, 1.165) is 4.31 Å². The van der Waals surface area contributed by atoms with Crippen molar-refractivity contribution in [2.75, 3.05) is 6.54 Å². The Labute approximate surface area is 81.2 Å². The zero-order valence-corrected chi connectivity index (χ0v) is 8.29. The van der Waals surface area contributed by atoms with Gasteiger partial charge in [0.15, 0.2) is 0 Å². The molecular weight excluding hydrogens is 208 g/mol. The average Bonchev–Trinajstić information content (AvgIpc) is 2.52. The maximum Gasteiger partial charge on any atom is 0.336 e. The molecule has 2 heterocycles. The molecule has 2 atom stereocenters. The molecule has 1 N–H and O–H groups in total. The molecule has 1 aliphatic heterocycles. The average molecular weight is 218 g/mol. The van der Waals surface area contributed by atoms with E-state index in [2.05, 4.69) is 10.2 Å². The predicted octanol–water partition coefficient (Wildman–Crippen LogP) is -0.674. The first-order valence-electron chi connectivity index (χ1n) is 4.10. The molecule has 1 saturated heterocycles. The van der Waals surface area contributed by atoms with Gasteiger partial charge in [-0.25, -0.2) is 0 Å². The molecule has 0 aromatic carbocycles. The highest BCUT2D eigenvalue weighted by Gasteiger charge is 2.44. The molecule has 0 aliphatic carbocycles. The van der Waals surface area contributed by atoms with Crippen LogP contribution < -0.4 is 0 Å². The largest absolute Gasteiger partial charge is 0.336 e. The maximum atomic E-state index is 10.8. The van der Waals surface area contributed by atoms with E-state index in [-0.39, 0.29) is 18.6 Å². The molecule has 78 valence electrons. The van der Waals surface area contributed by atoms with Gasteiger partial charge in [-0.05, 0) is 6.92 Å². The summed E-state index contributed by atoms with van der Waals surface area (Å²) in [4.78, 5) is 1.45. The summed E-state index contributed by atoms with van der Waals surface area (Å²) in [5.41, 5.74) is 0. The first kappa shape index (κ1) is 9.56. The maximum absolute atomic E-state index is 10.8. The quantitative estimate of drug-likeness (QED) is 0.665. The first-order chi connectivity index (χ1) is 6.50. The van der Waals surface area contributed by atoms with E-state index in [0.29, 0.717) is 0 Å². The Kier molecular flexibility index (Phi) is 2.05. The van der Waals surface area contributed by atoms with Crippen molar-refractivity contribution < 1.29 is 13.0 Å². The molecule has 0 radical (unpaired) electrons. The van der Waals surface area contributed by atoms with Crippen LogP contribution in [0.1, 0.15) is 13.0 Å². The van der Waals surface area contributed by atoms with E-state index in [1.165, 1.54) is 17.2 Å². The highest BCUT2D eigenvalue weighted by molar-refractivity contribution is 7.83. The molecule has 0 bridgehead atoms. The summed E-state index contributed by atoms with van der Waals surface area (Å²) in [6.07, 6.45) is 3.06. The summed E-state index contributed by atoms with van der Waals surface area (Å²) in [5.74, 6) is 0. The number of aromatic nitrogens is 3. The van der Waals surface area contributed by atoms with Crippen LogP contribution in [0.2, 0.25) is 0 Å². The van der Waals surface area contributed by atoms with E-state index in [1.54, 1.807) is 6.92 Å². The fourth-order valence-corrected chi connectivity index (χ4v) is 2.43. The van der Waals surface area contributed by atoms with Crippen LogP contribution >= 0.6 is 0 Å². The monoisotopic (exact) mass is 218 g/mol. The van der Waals surface area contributed by atoms with Crippen LogP contribution in [0.25, 0.3) is 0 Å². The molecule has 7 nitrogen and oxygen atoms in total. The van der Waals surface area contributed by atoms with Gasteiger partial charge in [0.2, 0.25) is 0 Å². The Balaban J connectivity index is 2.12. The normalized spacial score (nSPS) is 28.7. The van der Waals surface area contributed by atoms with Crippen molar-refractivity contribution in [1.82, 2.24) is 19.3 Å². The van der Waals surface area contributed by atoms with E-state index in [1.807, 2.05) is 0 Å². The summed E-state index contributed by atoms with van der Waals surface area (Å²) in [6, 6.07) is -0.399. The zero-order valence-electron chi connectivity index (χ0n) is 7.48. The Bertz CT molecular complexity index is 414. The summed E-state index contributed by atoms with van der Waals surface area (Å²) < 4.78 is 31.3. The van der Waals surface area contributed by atoms with Crippen molar-refractivity contribution >= 4 is 10.3 Å². The minimum absolute atomic E-state index is 0.0908. The molecule has 0 amide bonds. The minimum Gasteiger partial charge on any atom is -0.273 e. The zero-order chi connectivity index (χ0) is 10.3. The number of rotatable bonds is 2. The Morgan fingerprint density at radius 2 is 2.00 bits per heavy atom. The van der Waals surface area contributed by atoms with Gasteiger partial charge in [-0.1, -0.05) is 0 Å². The summed E-state index contributed by atoms with van der Waals surface area (Å²) in [5, 5.41) is 7.82. The molecule has 1 aromatic heterocycles. The molecule has 8 heteroatoms. The summed E-state index contributed by atoms with van der Waals surface area (Å²) >= 11 is 0. The summed E-state index contributed by atoms with van der Waals surface area (Å²) in [6.45, 7) is 1.92. The standard InChI is InChI=1S/C6H10N4O3S/c1-5-6(10-7-2-3-8-10)4-9(5)14(11,12)13/h2-3,5-6H,4H2,1H3,(H,11,12,13). The lowest BCUT2D eigenvalue weighted by molar-refractivity contribution is 0.0907. The lowest BCUT2D eigenvalue weighted by atomic mass is 10.0. The number of hydrogen-bond acceptors (Lipinski definition) is 4. The minimum atomic E-state index is -4.07. The van der Waals surface area contributed by atoms with Crippen molar-refractivity contribution in [3.05, 3.63) is 12.4 Å². The van der Waals surface area contributed by atoms with Gasteiger partial charge in [0.1, 0.15) is 6.04 Å². The van der Waals surface area contributed by atoms with Crippen LogP contribution in [0, 0.1) is 0 Å². The molecule has 14 heavy (non-hydrogen) atoms. The van der Waals surface area contributed by atoms with Crippen molar-refractivity contribution in [3.63, 3.8) is 0 Å². The molecular formula is C6H10N4O3S. The van der Waals surface area contributed by atoms with Crippen LogP contribution in [-0.2, 0) is 10.3 Å². The van der Waals surface area contributed by atoms with E-state index >= 15 is 0 Å². The van der Waals surface area contributed by atoms with E-state index in [9.17, 15) is 8.42 Å².